The number of nitrogens with two attached hydrogens (primary N) is 1. The van der Waals surface area contributed by atoms with E-state index >= 15 is 0 Å². The number of benzene rings is 1. The summed E-state index contributed by atoms with van der Waals surface area (Å²) in [6.07, 6.45) is 3.14. The molecule has 3 nitrogen and oxygen atoms in total. The highest BCUT2D eigenvalue weighted by molar-refractivity contribution is 5.49. The van der Waals surface area contributed by atoms with Gasteiger partial charge in [-0.15, -0.1) is 0 Å². The topological polar surface area (TPSA) is 38.5 Å². The monoisotopic (exact) mass is 266 g/mol. The maximum atomic E-state index is 14.2. The largest absolute Gasteiger partial charge is 0.376 e. The summed E-state index contributed by atoms with van der Waals surface area (Å²) in [6, 6.07) is 5.42. The SMILES string of the molecule is CCN(CC1CCCO1)c1ccc(CCN)cc1F. The van der Waals surface area contributed by atoms with E-state index in [0.29, 0.717) is 12.2 Å². The fourth-order valence-electron chi connectivity index (χ4n) is 2.56. The average molecular weight is 266 g/mol. The van der Waals surface area contributed by atoms with Gasteiger partial charge in [-0.3, -0.25) is 0 Å². The minimum absolute atomic E-state index is 0.161. The van der Waals surface area contributed by atoms with Crippen molar-refractivity contribution in [1.29, 1.82) is 0 Å². The molecular formula is C15H23FN2O. The first-order valence-electron chi connectivity index (χ1n) is 7.09. The molecule has 1 aliphatic heterocycles. The summed E-state index contributed by atoms with van der Waals surface area (Å²) in [5, 5.41) is 0. The highest BCUT2D eigenvalue weighted by Gasteiger charge is 2.20. The van der Waals surface area contributed by atoms with Crippen molar-refractivity contribution in [2.45, 2.75) is 32.3 Å². The van der Waals surface area contributed by atoms with Crippen LogP contribution in [-0.2, 0) is 11.2 Å². The summed E-state index contributed by atoms with van der Waals surface area (Å²) in [4.78, 5) is 2.05. The Morgan fingerprint density at radius 3 is 2.89 bits per heavy atom. The summed E-state index contributed by atoms with van der Waals surface area (Å²) in [6.45, 7) is 4.98. The molecule has 0 saturated carbocycles. The number of rotatable bonds is 6. The normalized spacial score (nSPS) is 18.8. The van der Waals surface area contributed by atoms with E-state index in [1.54, 1.807) is 6.07 Å². The Kier molecular flexibility index (Phi) is 5.16. The maximum absolute atomic E-state index is 14.2. The molecule has 0 aliphatic carbocycles. The Labute approximate surface area is 114 Å². The van der Waals surface area contributed by atoms with Gasteiger partial charge in [-0.1, -0.05) is 6.07 Å². The number of ether oxygens (including phenoxy) is 1. The molecule has 19 heavy (non-hydrogen) atoms. The third-order valence-electron chi connectivity index (χ3n) is 3.62. The van der Waals surface area contributed by atoms with Crippen molar-refractivity contribution in [1.82, 2.24) is 0 Å². The zero-order valence-electron chi connectivity index (χ0n) is 11.6. The van der Waals surface area contributed by atoms with Crippen molar-refractivity contribution < 1.29 is 9.13 Å². The zero-order valence-corrected chi connectivity index (χ0v) is 11.6. The van der Waals surface area contributed by atoms with Gasteiger partial charge < -0.3 is 15.4 Å². The van der Waals surface area contributed by atoms with Crippen LogP contribution in [0.15, 0.2) is 18.2 Å². The Balaban J connectivity index is 2.08. The Bertz CT molecular complexity index is 405. The standard InChI is InChI=1S/C15H23FN2O/c1-2-18(11-13-4-3-9-19-13)15-6-5-12(7-8-17)10-14(15)16/h5-6,10,13H,2-4,7-9,11,17H2,1H3. The molecule has 1 atom stereocenters. The number of hydrogen-bond acceptors (Lipinski definition) is 3. The smallest absolute Gasteiger partial charge is 0.146 e. The van der Waals surface area contributed by atoms with Crippen LogP contribution in [0.5, 0.6) is 0 Å². The van der Waals surface area contributed by atoms with Crippen LogP contribution in [0.4, 0.5) is 10.1 Å². The van der Waals surface area contributed by atoms with Gasteiger partial charge in [-0.25, -0.2) is 4.39 Å². The van der Waals surface area contributed by atoms with Crippen molar-refractivity contribution in [3.63, 3.8) is 0 Å². The molecule has 1 aromatic carbocycles. The summed E-state index contributed by atoms with van der Waals surface area (Å²) < 4.78 is 19.8. The predicted molar refractivity (Wildman–Crippen MR) is 76.0 cm³/mol. The van der Waals surface area contributed by atoms with E-state index in [9.17, 15) is 4.39 Å². The number of halogens is 1. The van der Waals surface area contributed by atoms with Crippen LogP contribution in [-0.4, -0.2) is 32.3 Å². The fraction of sp³-hybridized carbons (Fsp3) is 0.600. The molecule has 1 aliphatic rings. The lowest BCUT2D eigenvalue weighted by molar-refractivity contribution is 0.115. The molecule has 0 spiro atoms. The second kappa shape index (κ2) is 6.87. The van der Waals surface area contributed by atoms with Gasteiger partial charge in [0.15, 0.2) is 0 Å². The minimum Gasteiger partial charge on any atom is -0.376 e. The molecule has 0 bridgehead atoms. The highest BCUT2D eigenvalue weighted by atomic mass is 19.1. The molecule has 1 aromatic rings. The highest BCUT2D eigenvalue weighted by Crippen LogP contribution is 2.23. The summed E-state index contributed by atoms with van der Waals surface area (Å²) in [7, 11) is 0. The zero-order chi connectivity index (χ0) is 13.7. The first kappa shape index (κ1) is 14.3. The van der Waals surface area contributed by atoms with E-state index in [0.717, 1.165) is 44.5 Å². The van der Waals surface area contributed by atoms with Gasteiger partial charge in [0.25, 0.3) is 0 Å². The molecule has 2 N–H and O–H groups in total. The molecule has 0 amide bonds. The molecule has 0 aromatic heterocycles. The molecule has 2 rings (SSSR count). The van der Waals surface area contributed by atoms with Crippen LogP contribution < -0.4 is 10.6 Å². The van der Waals surface area contributed by atoms with E-state index in [1.165, 1.54) is 0 Å². The third kappa shape index (κ3) is 3.67. The third-order valence-corrected chi connectivity index (χ3v) is 3.62. The summed E-state index contributed by atoms with van der Waals surface area (Å²) in [5.74, 6) is -0.161. The van der Waals surface area contributed by atoms with Gasteiger partial charge in [0.1, 0.15) is 5.82 Å². The second-order valence-corrected chi connectivity index (χ2v) is 5.00. The van der Waals surface area contributed by atoms with E-state index in [1.807, 2.05) is 19.1 Å². The van der Waals surface area contributed by atoms with Gasteiger partial charge in [0.2, 0.25) is 0 Å². The molecule has 1 saturated heterocycles. The van der Waals surface area contributed by atoms with Crippen LogP contribution in [0.25, 0.3) is 0 Å². The van der Waals surface area contributed by atoms with Crippen molar-refractivity contribution in [2.75, 3.05) is 31.1 Å². The molecule has 0 radical (unpaired) electrons. The lowest BCUT2D eigenvalue weighted by Crippen LogP contribution is -2.32. The van der Waals surface area contributed by atoms with E-state index in [2.05, 4.69) is 4.90 Å². The molecular weight excluding hydrogens is 243 g/mol. The van der Waals surface area contributed by atoms with Gasteiger partial charge in [0, 0.05) is 19.7 Å². The lowest BCUT2D eigenvalue weighted by Gasteiger charge is -2.26. The fourth-order valence-corrected chi connectivity index (χ4v) is 2.56. The minimum atomic E-state index is -0.161. The number of anilines is 1. The first-order valence-corrected chi connectivity index (χ1v) is 7.09. The van der Waals surface area contributed by atoms with Crippen LogP contribution in [0.3, 0.4) is 0 Å². The Morgan fingerprint density at radius 1 is 1.47 bits per heavy atom. The maximum Gasteiger partial charge on any atom is 0.146 e. The number of likely N-dealkylation sites (N-methyl/N-ethyl adjacent to an activating group) is 1. The quantitative estimate of drug-likeness (QED) is 0.859. The molecule has 1 unspecified atom stereocenters. The average Bonchev–Trinajstić information content (AvgIpc) is 2.90. The van der Waals surface area contributed by atoms with Gasteiger partial charge in [0.05, 0.1) is 11.8 Å². The number of nitrogens with zero attached hydrogens (tertiary/aromatic N) is 1. The molecule has 106 valence electrons. The second-order valence-electron chi connectivity index (χ2n) is 5.00. The van der Waals surface area contributed by atoms with Crippen LogP contribution in [0.2, 0.25) is 0 Å². The molecule has 1 heterocycles. The van der Waals surface area contributed by atoms with Crippen molar-refractivity contribution in [3.8, 4) is 0 Å². The van der Waals surface area contributed by atoms with Gasteiger partial charge in [-0.2, -0.15) is 0 Å². The first-order chi connectivity index (χ1) is 9.24. The van der Waals surface area contributed by atoms with Crippen molar-refractivity contribution in [2.24, 2.45) is 5.73 Å². The van der Waals surface area contributed by atoms with Crippen LogP contribution in [0, 0.1) is 5.82 Å². The summed E-state index contributed by atoms with van der Waals surface area (Å²) in [5.41, 5.74) is 7.12. The summed E-state index contributed by atoms with van der Waals surface area (Å²) >= 11 is 0. The molecule has 4 heteroatoms. The van der Waals surface area contributed by atoms with E-state index < -0.39 is 0 Å². The lowest BCUT2D eigenvalue weighted by atomic mass is 10.1. The number of hydrogen-bond donors (Lipinski definition) is 1. The Morgan fingerprint density at radius 2 is 2.32 bits per heavy atom. The van der Waals surface area contributed by atoms with Crippen molar-refractivity contribution in [3.05, 3.63) is 29.6 Å². The van der Waals surface area contributed by atoms with E-state index in [-0.39, 0.29) is 11.9 Å². The molecule has 1 fully saturated rings. The van der Waals surface area contributed by atoms with Crippen LogP contribution in [0.1, 0.15) is 25.3 Å². The predicted octanol–water partition coefficient (Wildman–Crippen LogP) is 2.33. The van der Waals surface area contributed by atoms with Crippen molar-refractivity contribution >= 4 is 5.69 Å². The van der Waals surface area contributed by atoms with Crippen LogP contribution >= 0.6 is 0 Å². The Hall–Kier alpha value is -1.13. The van der Waals surface area contributed by atoms with Gasteiger partial charge in [-0.05, 0) is 50.4 Å². The van der Waals surface area contributed by atoms with Gasteiger partial charge >= 0.3 is 0 Å². The van der Waals surface area contributed by atoms with E-state index in [4.69, 9.17) is 10.5 Å².